The summed E-state index contributed by atoms with van der Waals surface area (Å²) in [5.74, 6) is 0.615. The highest BCUT2D eigenvalue weighted by Crippen LogP contribution is 2.31. The number of carbonyl (C=O) groups is 1. The topological polar surface area (TPSA) is 136 Å². The van der Waals surface area contributed by atoms with E-state index in [-0.39, 0.29) is 17.6 Å². The molecule has 1 aliphatic rings. The van der Waals surface area contributed by atoms with Gasteiger partial charge in [0.15, 0.2) is 6.04 Å². The molecule has 0 aliphatic carbocycles. The van der Waals surface area contributed by atoms with Gasteiger partial charge in [0.05, 0.1) is 11.5 Å². The van der Waals surface area contributed by atoms with Crippen molar-refractivity contribution in [2.24, 2.45) is 5.18 Å². The van der Waals surface area contributed by atoms with Crippen molar-refractivity contribution in [3.8, 4) is 11.3 Å². The molecule has 0 spiro atoms. The molecule has 3 N–H and O–H groups in total. The smallest absolute Gasteiger partial charge is 0.353 e. The van der Waals surface area contributed by atoms with Crippen molar-refractivity contribution in [2.45, 2.75) is 26.8 Å². The Bertz CT molecular complexity index is 1690. The molecule has 1 aromatic carbocycles. The third kappa shape index (κ3) is 4.76. The van der Waals surface area contributed by atoms with E-state index in [0.29, 0.717) is 37.8 Å². The second-order valence-electron chi connectivity index (χ2n) is 8.19. The van der Waals surface area contributed by atoms with E-state index in [1.165, 1.54) is 22.7 Å². The molecule has 0 bridgehead atoms. The van der Waals surface area contributed by atoms with Crippen LogP contribution in [-0.2, 0) is 9.53 Å². The van der Waals surface area contributed by atoms with E-state index >= 15 is 0 Å². The van der Waals surface area contributed by atoms with Crippen molar-refractivity contribution in [3.63, 3.8) is 0 Å². The third-order valence-corrected chi connectivity index (χ3v) is 7.81. The summed E-state index contributed by atoms with van der Waals surface area (Å²) < 4.78 is 13.4. The quantitative estimate of drug-likeness (QED) is 0.296. The first-order chi connectivity index (χ1) is 17.4. The first kappa shape index (κ1) is 26.1. The highest BCUT2D eigenvalue weighted by Gasteiger charge is 2.39. The molecule has 0 fully saturated rings. The number of nitroso groups, excluding NO2 is 1. The van der Waals surface area contributed by atoms with Crippen LogP contribution in [0.4, 0.5) is 5.69 Å². The summed E-state index contributed by atoms with van der Waals surface area (Å²) in [4.78, 5) is 42.1. The zero-order valence-electron chi connectivity index (χ0n) is 20.2. The average Bonchev–Trinajstić information content (AvgIpc) is 3.61. The number of aryl methyl sites for hydroxylation is 1. The summed E-state index contributed by atoms with van der Waals surface area (Å²) in [7, 11) is 0. The molecular formula is C26H24N3O6S2+. The number of nitrogens with one attached hydrogen (secondary N) is 1. The highest BCUT2D eigenvalue weighted by atomic mass is 32.1. The number of ether oxygens (including phenoxy) is 1. The van der Waals surface area contributed by atoms with Crippen molar-refractivity contribution in [2.75, 3.05) is 6.61 Å². The number of hydrogen-bond acceptors (Lipinski definition) is 8. The molecule has 3 aromatic heterocycles. The third-order valence-electron chi connectivity index (χ3n) is 5.89. The predicted molar refractivity (Wildman–Crippen MR) is 141 cm³/mol. The maximum Gasteiger partial charge on any atom is 0.353 e. The minimum absolute atomic E-state index is 0. The van der Waals surface area contributed by atoms with Gasteiger partial charge in [-0.05, 0) is 78.6 Å². The predicted octanol–water partition coefficient (Wildman–Crippen LogP) is 2.08. The van der Waals surface area contributed by atoms with Gasteiger partial charge in [-0.1, -0.05) is 12.1 Å². The fourth-order valence-corrected chi connectivity index (χ4v) is 6.09. The van der Waals surface area contributed by atoms with Crippen molar-refractivity contribution < 1.29 is 24.4 Å². The number of thiazole rings is 1. The van der Waals surface area contributed by atoms with Gasteiger partial charge < -0.3 is 14.6 Å². The molecular weight excluding hydrogens is 514 g/mol. The molecule has 37 heavy (non-hydrogen) atoms. The van der Waals surface area contributed by atoms with E-state index in [4.69, 9.17) is 9.15 Å². The summed E-state index contributed by atoms with van der Waals surface area (Å²) in [5, 5.41) is 4.92. The molecule has 190 valence electrons. The van der Waals surface area contributed by atoms with Gasteiger partial charge in [-0.3, -0.25) is 0 Å². The first-order valence-corrected chi connectivity index (χ1v) is 12.9. The van der Waals surface area contributed by atoms with Gasteiger partial charge in [0.2, 0.25) is 0 Å². The number of furan rings is 1. The number of carbonyl (C=O) groups excluding carboxylic acids is 1. The molecule has 0 radical (unpaired) electrons. The van der Waals surface area contributed by atoms with Crippen LogP contribution >= 0.6 is 22.7 Å². The largest absolute Gasteiger partial charge is 0.462 e. The molecule has 1 unspecified atom stereocenters. The van der Waals surface area contributed by atoms with Gasteiger partial charge in [-0.25, -0.2) is 14.6 Å². The summed E-state index contributed by atoms with van der Waals surface area (Å²) in [6.07, 6.45) is 1.69. The molecule has 5 rings (SSSR count). The van der Waals surface area contributed by atoms with Gasteiger partial charge >= 0.3 is 16.3 Å². The maximum atomic E-state index is 13.6. The van der Waals surface area contributed by atoms with Crippen LogP contribution < -0.4 is 19.9 Å². The molecule has 9 nitrogen and oxygen atoms in total. The van der Waals surface area contributed by atoms with Gasteiger partial charge in [0.1, 0.15) is 33.0 Å². The second-order valence-corrected chi connectivity index (χ2v) is 10.2. The lowest BCUT2D eigenvalue weighted by molar-refractivity contribution is -0.449. The number of esters is 1. The fraction of sp³-hybridized carbons (Fsp3) is 0.192. The van der Waals surface area contributed by atoms with E-state index in [2.05, 4.69) is 10.2 Å². The van der Waals surface area contributed by atoms with Crippen LogP contribution in [0.2, 0.25) is 0 Å². The van der Waals surface area contributed by atoms with Gasteiger partial charge in [0.25, 0.3) is 0 Å². The van der Waals surface area contributed by atoms with E-state index in [9.17, 15) is 14.5 Å². The Kier molecular flexibility index (Phi) is 7.48. The molecule has 11 heteroatoms. The molecule has 4 heterocycles. The number of aromatic nitrogens is 1. The van der Waals surface area contributed by atoms with Crippen LogP contribution in [0.5, 0.6) is 0 Å². The van der Waals surface area contributed by atoms with Gasteiger partial charge in [-0.15, -0.1) is 16.2 Å². The van der Waals surface area contributed by atoms with Crippen molar-refractivity contribution >= 4 is 40.4 Å². The number of thiophene rings is 1. The Morgan fingerprint density at radius 1 is 1.24 bits per heavy atom. The number of nitrogens with zero attached hydrogens (tertiary/aromatic N) is 2. The second kappa shape index (κ2) is 10.6. The minimum atomic E-state index is -0.584. The Morgan fingerprint density at radius 2 is 2.05 bits per heavy atom. The van der Waals surface area contributed by atoms with Crippen molar-refractivity contribution in [1.82, 2.24) is 4.57 Å². The van der Waals surface area contributed by atoms with Crippen LogP contribution in [0.25, 0.3) is 17.4 Å². The standard InChI is InChI=1S/C26H21N3O5S2.H2O/c1-4-33-25(31)22-15(3)27-26-29(23(22)20-6-5-11-35-20)24(30)21(36-26)13-17-9-10-19(34-17)18-12-16(28-32)8-7-14(18)2;/h5-13,23H,4H2,1-3H3;1H2/p+1/b21-13+;. The number of rotatable bonds is 6. The van der Waals surface area contributed by atoms with Crippen molar-refractivity contribution in [1.29, 1.82) is 0 Å². The summed E-state index contributed by atoms with van der Waals surface area (Å²) in [6.45, 7) is 5.73. The Hall–Kier alpha value is -3.93. The lowest BCUT2D eigenvalue weighted by atomic mass is 10.0. The number of allylic oxidation sites excluding steroid dienone is 1. The van der Waals surface area contributed by atoms with Crippen molar-refractivity contribution in [3.05, 3.63) is 99.9 Å². The number of hydrogen-bond donors (Lipinski definition) is 1. The maximum absolute atomic E-state index is 13.6. The van der Waals surface area contributed by atoms with E-state index in [1.54, 1.807) is 41.8 Å². The SMILES string of the molecule is CCOC(=O)C1=C(C)[NH+]=c2s/c(=C/c3ccc(-c4cc(N=O)ccc4C)o3)c(=O)n2C1c1cccs1.O. The molecule has 0 amide bonds. The normalized spacial score (nSPS) is 15.1. The fourth-order valence-electron chi connectivity index (χ4n) is 4.21. The summed E-state index contributed by atoms with van der Waals surface area (Å²) in [5.41, 5.74) is 2.83. The molecule has 0 saturated carbocycles. The van der Waals surface area contributed by atoms with E-state index in [1.807, 2.05) is 37.4 Å². The summed E-state index contributed by atoms with van der Waals surface area (Å²) in [6, 6.07) is 11.9. The van der Waals surface area contributed by atoms with Crippen LogP contribution in [0, 0.1) is 11.8 Å². The molecule has 0 saturated heterocycles. The Balaban J connectivity index is 0.00000320. The van der Waals surface area contributed by atoms with E-state index < -0.39 is 12.0 Å². The van der Waals surface area contributed by atoms with Gasteiger partial charge in [0, 0.05) is 11.6 Å². The Morgan fingerprint density at radius 3 is 2.76 bits per heavy atom. The van der Waals surface area contributed by atoms with Crippen LogP contribution in [-0.4, -0.2) is 22.6 Å². The molecule has 1 aliphatic heterocycles. The van der Waals surface area contributed by atoms with Gasteiger partial charge in [-0.2, -0.15) is 4.57 Å². The van der Waals surface area contributed by atoms with Crippen LogP contribution in [0.15, 0.2) is 73.5 Å². The number of benzene rings is 1. The number of fused-ring (bicyclic) bond motifs is 1. The molecule has 1 atom stereocenters. The lowest BCUT2D eigenvalue weighted by Gasteiger charge is -2.18. The van der Waals surface area contributed by atoms with Crippen LogP contribution in [0.1, 0.15) is 36.1 Å². The summed E-state index contributed by atoms with van der Waals surface area (Å²) >= 11 is 2.77. The minimum Gasteiger partial charge on any atom is -0.462 e. The molecule has 4 aromatic rings. The van der Waals surface area contributed by atoms with E-state index in [0.717, 1.165) is 16.0 Å². The van der Waals surface area contributed by atoms with Crippen LogP contribution in [0.3, 0.4) is 0 Å². The zero-order valence-corrected chi connectivity index (χ0v) is 21.9. The monoisotopic (exact) mass is 538 g/mol. The lowest BCUT2D eigenvalue weighted by Crippen LogP contribution is -2.78. The zero-order chi connectivity index (χ0) is 25.4. The first-order valence-electron chi connectivity index (χ1n) is 11.2. The highest BCUT2D eigenvalue weighted by molar-refractivity contribution is 7.10. The average molecular weight is 539 g/mol. The Labute approximate surface area is 219 Å².